The summed E-state index contributed by atoms with van der Waals surface area (Å²) >= 11 is 0. The molecule has 5 heteroatoms. The average molecular weight is 391 g/mol. The lowest BCUT2D eigenvalue weighted by atomic mass is 9.59. The van der Waals surface area contributed by atoms with E-state index in [-0.39, 0.29) is 17.4 Å². The molecule has 1 fully saturated rings. The molecule has 5 rings (SSSR count). The van der Waals surface area contributed by atoms with Gasteiger partial charge in [-0.05, 0) is 48.8 Å². The van der Waals surface area contributed by atoms with Crippen molar-refractivity contribution in [1.29, 1.82) is 0 Å². The summed E-state index contributed by atoms with van der Waals surface area (Å²) in [5.41, 5.74) is 5.05. The summed E-state index contributed by atoms with van der Waals surface area (Å²) in [6.07, 6.45) is 6.52. The van der Waals surface area contributed by atoms with Gasteiger partial charge in [-0.3, -0.25) is 4.79 Å². The third kappa shape index (κ3) is 2.77. The lowest BCUT2D eigenvalue weighted by Gasteiger charge is -2.48. The number of ketones is 1. The Kier molecular flexibility index (Phi) is 4.03. The van der Waals surface area contributed by atoms with Crippen molar-refractivity contribution in [3.63, 3.8) is 0 Å². The van der Waals surface area contributed by atoms with E-state index >= 15 is 0 Å². The molecule has 2 atom stereocenters. The SMILES string of the molecule is CCC1(c2cccc(N(C)C3CC3)c2)C2=CN=NC2NC2=C1C(=O)CC(C)(C)C2. The molecule has 1 saturated carbocycles. The van der Waals surface area contributed by atoms with Crippen LogP contribution in [-0.2, 0) is 10.2 Å². The van der Waals surface area contributed by atoms with Crippen LogP contribution in [0.2, 0.25) is 0 Å². The first-order valence-electron chi connectivity index (χ1n) is 10.8. The van der Waals surface area contributed by atoms with Crippen molar-refractivity contribution in [1.82, 2.24) is 5.32 Å². The molecule has 5 nitrogen and oxygen atoms in total. The Bertz CT molecular complexity index is 969. The highest BCUT2D eigenvalue weighted by atomic mass is 16.1. The van der Waals surface area contributed by atoms with Crippen LogP contribution in [0.25, 0.3) is 0 Å². The molecule has 152 valence electrons. The molecule has 1 aromatic rings. The topological polar surface area (TPSA) is 57.1 Å². The van der Waals surface area contributed by atoms with Crippen LogP contribution in [0, 0.1) is 5.41 Å². The van der Waals surface area contributed by atoms with Crippen LogP contribution >= 0.6 is 0 Å². The number of nitrogens with one attached hydrogen (secondary N) is 1. The van der Waals surface area contributed by atoms with E-state index < -0.39 is 5.41 Å². The summed E-state index contributed by atoms with van der Waals surface area (Å²) in [6, 6.07) is 9.45. The van der Waals surface area contributed by atoms with Gasteiger partial charge in [0.1, 0.15) is 0 Å². The molecular weight excluding hydrogens is 360 g/mol. The number of hydrogen-bond acceptors (Lipinski definition) is 5. The minimum Gasteiger partial charge on any atom is -0.372 e. The average Bonchev–Trinajstić information content (AvgIpc) is 3.42. The van der Waals surface area contributed by atoms with Gasteiger partial charge in [-0.2, -0.15) is 10.2 Å². The van der Waals surface area contributed by atoms with E-state index in [0.717, 1.165) is 29.7 Å². The summed E-state index contributed by atoms with van der Waals surface area (Å²) in [4.78, 5) is 15.9. The maximum Gasteiger partial charge on any atom is 0.164 e. The number of carbonyl (C=O) groups is 1. The number of fused-ring (bicyclic) bond motifs is 1. The van der Waals surface area contributed by atoms with E-state index in [0.29, 0.717) is 12.5 Å². The molecular formula is C24H30N4O. The van der Waals surface area contributed by atoms with Gasteiger partial charge in [0.05, 0.1) is 11.6 Å². The maximum atomic E-state index is 13.5. The molecule has 0 radical (unpaired) electrons. The summed E-state index contributed by atoms with van der Waals surface area (Å²) in [7, 11) is 2.18. The lowest BCUT2D eigenvalue weighted by molar-refractivity contribution is -0.119. The zero-order valence-electron chi connectivity index (χ0n) is 17.8. The van der Waals surface area contributed by atoms with E-state index in [1.807, 2.05) is 6.20 Å². The molecule has 2 unspecified atom stereocenters. The van der Waals surface area contributed by atoms with Crippen molar-refractivity contribution in [2.24, 2.45) is 15.6 Å². The number of rotatable bonds is 4. The molecule has 1 N–H and O–H groups in total. The number of anilines is 1. The molecule has 4 aliphatic rings. The van der Waals surface area contributed by atoms with Crippen molar-refractivity contribution in [2.75, 3.05) is 11.9 Å². The quantitative estimate of drug-likeness (QED) is 0.799. The van der Waals surface area contributed by atoms with Crippen LogP contribution in [0.3, 0.4) is 0 Å². The number of hydrogen-bond donors (Lipinski definition) is 1. The van der Waals surface area contributed by atoms with Gasteiger partial charge in [-0.25, -0.2) is 0 Å². The highest BCUT2D eigenvalue weighted by Gasteiger charge is 2.53. The Hall–Kier alpha value is -2.43. The second-order valence-electron chi connectivity index (χ2n) is 9.81. The molecule has 29 heavy (non-hydrogen) atoms. The smallest absolute Gasteiger partial charge is 0.164 e. The van der Waals surface area contributed by atoms with Crippen molar-refractivity contribution in [3.05, 3.63) is 52.9 Å². The minimum absolute atomic E-state index is 0.0343. The number of carbonyl (C=O) groups excluding carboxylic acids is 1. The fourth-order valence-electron chi connectivity index (χ4n) is 5.55. The van der Waals surface area contributed by atoms with Crippen LogP contribution in [0.5, 0.6) is 0 Å². The largest absolute Gasteiger partial charge is 0.372 e. The third-order valence-corrected chi connectivity index (χ3v) is 7.15. The molecule has 0 bridgehead atoms. The standard InChI is InChI=1S/C24H30N4O/c1-5-24(15-7-6-8-17(11-15)28(4)16-9-10-16)18-14-25-27-22(18)26-19-12-23(2,3)13-20(29)21(19)24/h6-8,11,14,16,22,26H,5,9-10,12-13H2,1-4H3. The number of allylic oxidation sites excluding steroid dienone is 2. The summed E-state index contributed by atoms with van der Waals surface area (Å²) in [6.45, 7) is 6.55. The van der Waals surface area contributed by atoms with Gasteiger partial charge in [0.2, 0.25) is 0 Å². The molecule has 0 amide bonds. The van der Waals surface area contributed by atoms with Gasteiger partial charge in [-0.15, -0.1) is 0 Å². The highest BCUT2D eigenvalue weighted by Crippen LogP contribution is 2.54. The van der Waals surface area contributed by atoms with Crippen LogP contribution in [0.1, 0.15) is 58.4 Å². The third-order valence-electron chi connectivity index (χ3n) is 7.15. The Morgan fingerprint density at radius 2 is 2.03 bits per heavy atom. The first kappa shape index (κ1) is 18.6. The Morgan fingerprint density at radius 1 is 1.24 bits per heavy atom. The molecule has 0 spiro atoms. The van der Waals surface area contributed by atoms with Crippen LogP contribution in [0.15, 0.2) is 57.5 Å². The Labute approximate surface area is 173 Å². The van der Waals surface area contributed by atoms with Crippen LogP contribution in [0.4, 0.5) is 5.69 Å². The van der Waals surface area contributed by atoms with Gasteiger partial charge in [-0.1, -0.05) is 32.9 Å². The molecule has 0 saturated heterocycles. The first-order valence-corrected chi connectivity index (χ1v) is 10.8. The van der Waals surface area contributed by atoms with Crippen molar-refractivity contribution < 1.29 is 4.79 Å². The van der Waals surface area contributed by atoms with E-state index in [9.17, 15) is 4.79 Å². The lowest BCUT2D eigenvalue weighted by Crippen LogP contribution is -2.51. The molecule has 0 aromatic heterocycles. The van der Waals surface area contributed by atoms with Gasteiger partial charge in [0.15, 0.2) is 11.9 Å². The molecule has 2 aliphatic carbocycles. The zero-order chi connectivity index (χ0) is 20.4. The van der Waals surface area contributed by atoms with Crippen LogP contribution < -0.4 is 10.2 Å². The summed E-state index contributed by atoms with van der Waals surface area (Å²) in [5.74, 6) is 0.262. The van der Waals surface area contributed by atoms with E-state index in [2.05, 4.69) is 72.5 Å². The Morgan fingerprint density at radius 3 is 2.76 bits per heavy atom. The number of azo groups is 1. The number of benzene rings is 1. The monoisotopic (exact) mass is 390 g/mol. The molecule has 2 aliphatic heterocycles. The second-order valence-corrected chi connectivity index (χ2v) is 9.81. The van der Waals surface area contributed by atoms with E-state index in [1.54, 1.807) is 0 Å². The predicted molar refractivity (Wildman–Crippen MR) is 115 cm³/mol. The van der Waals surface area contributed by atoms with Gasteiger partial charge >= 0.3 is 0 Å². The summed E-state index contributed by atoms with van der Waals surface area (Å²) < 4.78 is 0. The van der Waals surface area contributed by atoms with Crippen molar-refractivity contribution in [3.8, 4) is 0 Å². The second kappa shape index (κ2) is 6.28. The van der Waals surface area contributed by atoms with Crippen LogP contribution in [-0.4, -0.2) is 25.0 Å². The number of Topliss-reactive ketones (excluding diaryl/α,β-unsaturated/α-hetero) is 1. The van der Waals surface area contributed by atoms with Gasteiger partial charge in [0, 0.05) is 42.0 Å². The van der Waals surface area contributed by atoms with E-state index in [4.69, 9.17) is 0 Å². The maximum absolute atomic E-state index is 13.5. The minimum atomic E-state index is -0.456. The normalized spacial score (nSPS) is 29.9. The molecule has 2 heterocycles. The first-order chi connectivity index (χ1) is 13.9. The Balaban J connectivity index is 1.70. The fourth-order valence-corrected chi connectivity index (χ4v) is 5.55. The zero-order valence-corrected chi connectivity index (χ0v) is 17.8. The van der Waals surface area contributed by atoms with Crippen molar-refractivity contribution in [2.45, 2.75) is 70.5 Å². The highest BCUT2D eigenvalue weighted by molar-refractivity contribution is 6.01. The van der Waals surface area contributed by atoms with Crippen molar-refractivity contribution >= 4 is 11.5 Å². The predicted octanol–water partition coefficient (Wildman–Crippen LogP) is 4.86. The fraction of sp³-hybridized carbons (Fsp3) is 0.542. The number of nitrogens with zero attached hydrogens (tertiary/aromatic N) is 3. The molecule has 1 aromatic carbocycles. The van der Waals surface area contributed by atoms with E-state index in [1.165, 1.54) is 24.1 Å². The van der Waals surface area contributed by atoms with Gasteiger partial charge in [0.25, 0.3) is 0 Å². The van der Waals surface area contributed by atoms with Gasteiger partial charge < -0.3 is 10.2 Å². The summed E-state index contributed by atoms with van der Waals surface area (Å²) in [5, 5.41) is 12.3.